The highest BCUT2D eigenvalue weighted by Gasteiger charge is 2.25. The van der Waals surface area contributed by atoms with Crippen LogP contribution in [0.5, 0.6) is 0 Å². The molecule has 5 rings (SSSR count). The molecule has 3 aromatic carbocycles. The van der Waals surface area contributed by atoms with Gasteiger partial charge < -0.3 is 5.32 Å². The molecule has 1 amide bonds. The summed E-state index contributed by atoms with van der Waals surface area (Å²) >= 11 is 1.40. The standard InChI is InChI=1S/C30H27N3OS/c1-2-28(29(34)32-26-14-12-21-10-6-7-11-22(21)18-26)35-30-25(19-31)17-24-16-23(13-15-27(24)33-30)20-8-4-3-5-9-20/h3-12,14,17-18,23,28H,2,13,15-16H2,1H3,(H,32,34). The first-order chi connectivity index (χ1) is 17.1. The van der Waals surface area contributed by atoms with Gasteiger partial charge in [-0.3, -0.25) is 4.79 Å². The van der Waals surface area contributed by atoms with E-state index in [1.807, 2.05) is 55.5 Å². The van der Waals surface area contributed by atoms with Crippen LogP contribution in [0.15, 0.2) is 83.9 Å². The van der Waals surface area contributed by atoms with Gasteiger partial charge in [0.25, 0.3) is 0 Å². The second kappa shape index (κ2) is 10.3. The smallest absolute Gasteiger partial charge is 0.237 e. The summed E-state index contributed by atoms with van der Waals surface area (Å²) < 4.78 is 0. The topological polar surface area (TPSA) is 65.8 Å². The predicted octanol–water partition coefficient (Wildman–Crippen LogP) is 6.89. The van der Waals surface area contributed by atoms with E-state index in [-0.39, 0.29) is 11.2 Å². The number of pyridine rings is 1. The van der Waals surface area contributed by atoms with Crippen LogP contribution in [-0.2, 0) is 17.6 Å². The molecule has 0 spiro atoms. The Morgan fingerprint density at radius 3 is 2.63 bits per heavy atom. The second-order valence-corrected chi connectivity index (χ2v) is 10.2. The summed E-state index contributed by atoms with van der Waals surface area (Å²) in [5, 5.41) is 15.5. The number of hydrogen-bond donors (Lipinski definition) is 1. The van der Waals surface area contributed by atoms with Crippen LogP contribution in [0.25, 0.3) is 10.8 Å². The van der Waals surface area contributed by atoms with Crippen molar-refractivity contribution in [3.05, 3.63) is 101 Å². The number of benzene rings is 3. The van der Waals surface area contributed by atoms with Crippen molar-refractivity contribution in [2.45, 2.75) is 48.8 Å². The van der Waals surface area contributed by atoms with Crippen LogP contribution in [0, 0.1) is 11.3 Å². The Bertz CT molecular complexity index is 1410. The number of nitriles is 1. The van der Waals surface area contributed by atoms with E-state index in [9.17, 15) is 10.1 Å². The quantitative estimate of drug-likeness (QED) is 0.307. The van der Waals surface area contributed by atoms with Crippen LogP contribution in [0.2, 0.25) is 0 Å². The van der Waals surface area contributed by atoms with Gasteiger partial charge in [-0.15, -0.1) is 0 Å². The van der Waals surface area contributed by atoms with Gasteiger partial charge in [-0.2, -0.15) is 5.26 Å². The van der Waals surface area contributed by atoms with Crippen molar-refractivity contribution in [1.29, 1.82) is 5.26 Å². The summed E-state index contributed by atoms with van der Waals surface area (Å²) in [5.74, 6) is 0.381. The SMILES string of the molecule is CCC(Sc1nc2c(cc1C#N)CC(c1ccccc1)CC2)C(=O)Nc1ccc2ccccc2c1. The summed E-state index contributed by atoms with van der Waals surface area (Å²) in [4.78, 5) is 18.0. The predicted molar refractivity (Wildman–Crippen MR) is 143 cm³/mol. The third kappa shape index (κ3) is 5.08. The number of amides is 1. The van der Waals surface area contributed by atoms with Crippen LogP contribution < -0.4 is 5.32 Å². The minimum atomic E-state index is -0.334. The number of rotatable bonds is 6. The molecule has 2 atom stereocenters. The highest BCUT2D eigenvalue weighted by molar-refractivity contribution is 8.00. The van der Waals surface area contributed by atoms with E-state index in [2.05, 4.69) is 41.7 Å². The Morgan fingerprint density at radius 1 is 1.09 bits per heavy atom. The van der Waals surface area contributed by atoms with Gasteiger partial charge in [0.2, 0.25) is 5.91 Å². The Labute approximate surface area is 210 Å². The largest absolute Gasteiger partial charge is 0.325 e. The van der Waals surface area contributed by atoms with E-state index in [4.69, 9.17) is 4.98 Å². The van der Waals surface area contributed by atoms with Gasteiger partial charge >= 0.3 is 0 Å². The van der Waals surface area contributed by atoms with Crippen molar-refractivity contribution in [2.24, 2.45) is 0 Å². The first-order valence-corrected chi connectivity index (χ1v) is 13.0. The van der Waals surface area contributed by atoms with Gasteiger partial charge in [-0.05, 0) is 71.7 Å². The maximum Gasteiger partial charge on any atom is 0.237 e. The molecule has 1 N–H and O–H groups in total. The normalized spacial score (nSPS) is 15.7. The van der Waals surface area contributed by atoms with Crippen LogP contribution in [-0.4, -0.2) is 16.1 Å². The average molecular weight is 478 g/mol. The van der Waals surface area contributed by atoms with Crippen molar-refractivity contribution >= 4 is 34.1 Å². The molecule has 174 valence electrons. The zero-order valence-electron chi connectivity index (χ0n) is 19.7. The minimum absolute atomic E-state index is 0.0691. The number of hydrogen-bond acceptors (Lipinski definition) is 4. The molecule has 0 saturated heterocycles. The van der Waals surface area contributed by atoms with Gasteiger partial charge in [0, 0.05) is 11.4 Å². The Morgan fingerprint density at radius 2 is 1.86 bits per heavy atom. The molecular weight excluding hydrogens is 450 g/mol. The van der Waals surface area contributed by atoms with Gasteiger partial charge in [-0.1, -0.05) is 79.3 Å². The summed E-state index contributed by atoms with van der Waals surface area (Å²) in [5.41, 5.74) is 4.88. The van der Waals surface area contributed by atoms with E-state index in [0.29, 0.717) is 22.9 Å². The third-order valence-corrected chi connectivity index (χ3v) is 8.04. The molecule has 4 nitrogen and oxygen atoms in total. The number of nitrogens with zero attached hydrogens (tertiary/aromatic N) is 2. The molecule has 0 bridgehead atoms. The van der Waals surface area contributed by atoms with E-state index >= 15 is 0 Å². The van der Waals surface area contributed by atoms with Crippen molar-refractivity contribution in [3.8, 4) is 6.07 Å². The number of anilines is 1. The molecular formula is C30H27N3OS. The molecule has 0 aliphatic heterocycles. The fourth-order valence-corrected chi connectivity index (χ4v) is 5.77. The van der Waals surface area contributed by atoms with Gasteiger partial charge in [0.05, 0.1) is 10.8 Å². The van der Waals surface area contributed by atoms with Crippen LogP contribution >= 0.6 is 11.8 Å². The van der Waals surface area contributed by atoms with Crippen LogP contribution in [0.1, 0.15) is 48.1 Å². The Hall–Kier alpha value is -3.62. The highest BCUT2D eigenvalue weighted by Crippen LogP contribution is 2.36. The fraction of sp³-hybridized carbons (Fsp3) is 0.233. The molecule has 4 aromatic rings. The summed E-state index contributed by atoms with van der Waals surface area (Å²) in [6.07, 6.45) is 3.46. The van der Waals surface area contributed by atoms with E-state index in [1.54, 1.807) is 0 Å². The molecule has 0 saturated carbocycles. The number of nitrogens with one attached hydrogen (secondary N) is 1. The first kappa shape index (κ1) is 23.1. The van der Waals surface area contributed by atoms with Gasteiger partial charge in [-0.25, -0.2) is 4.98 Å². The molecule has 1 aliphatic rings. The zero-order valence-corrected chi connectivity index (χ0v) is 20.5. The van der Waals surface area contributed by atoms with Crippen molar-refractivity contribution < 1.29 is 4.79 Å². The van der Waals surface area contributed by atoms with E-state index < -0.39 is 0 Å². The highest BCUT2D eigenvalue weighted by atomic mass is 32.2. The average Bonchev–Trinajstić information content (AvgIpc) is 2.91. The molecule has 0 fully saturated rings. The molecule has 5 heteroatoms. The third-order valence-electron chi connectivity index (χ3n) is 6.68. The molecule has 2 unspecified atom stereocenters. The maximum absolute atomic E-state index is 13.1. The van der Waals surface area contributed by atoms with E-state index in [0.717, 1.165) is 47.0 Å². The van der Waals surface area contributed by atoms with E-state index in [1.165, 1.54) is 17.3 Å². The fourth-order valence-electron chi connectivity index (χ4n) is 4.77. The molecule has 1 aromatic heterocycles. The van der Waals surface area contributed by atoms with Crippen molar-refractivity contribution in [2.75, 3.05) is 5.32 Å². The van der Waals surface area contributed by atoms with Crippen molar-refractivity contribution in [3.63, 3.8) is 0 Å². The first-order valence-electron chi connectivity index (χ1n) is 12.1. The molecule has 1 aliphatic carbocycles. The Balaban J connectivity index is 1.33. The lowest BCUT2D eigenvalue weighted by Gasteiger charge is -2.25. The van der Waals surface area contributed by atoms with Crippen LogP contribution in [0.3, 0.4) is 0 Å². The summed E-state index contributed by atoms with van der Waals surface area (Å²) in [6.45, 7) is 1.99. The molecule has 1 heterocycles. The second-order valence-electron chi connectivity index (χ2n) is 8.98. The number of aryl methyl sites for hydroxylation is 1. The lowest BCUT2D eigenvalue weighted by Crippen LogP contribution is -2.25. The molecule has 0 radical (unpaired) electrons. The maximum atomic E-state index is 13.1. The number of carbonyl (C=O) groups excluding carboxylic acids is 1. The number of aromatic nitrogens is 1. The number of carbonyl (C=O) groups is 1. The van der Waals surface area contributed by atoms with Crippen LogP contribution in [0.4, 0.5) is 5.69 Å². The number of thioether (sulfide) groups is 1. The zero-order chi connectivity index (χ0) is 24.2. The number of fused-ring (bicyclic) bond motifs is 2. The Kier molecular flexibility index (Phi) is 6.83. The van der Waals surface area contributed by atoms with Crippen molar-refractivity contribution in [1.82, 2.24) is 4.98 Å². The van der Waals surface area contributed by atoms with Gasteiger partial charge in [0.1, 0.15) is 11.1 Å². The monoisotopic (exact) mass is 477 g/mol. The van der Waals surface area contributed by atoms with Gasteiger partial charge in [0.15, 0.2) is 0 Å². The lowest BCUT2D eigenvalue weighted by molar-refractivity contribution is -0.115. The minimum Gasteiger partial charge on any atom is -0.325 e. The summed E-state index contributed by atoms with van der Waals surface area (Å²) in [7, 11) is 0. The summed E-state index contributed by atoms with van der Waals surface area (Å²) in [6, 6.07) is 28.9. The lowest BCUT2D eigenvalue weighted by atomic mass is 9.82. The molecule has 35 heavy (non-hydrogen) atoms.